The molecule has 0 spiro atoms. The first-order valence-corrected chi connectivity index (χ1v) is 5.29. The summed E-state index contributed by atoms with van der Waals surface area (Å²) in [6.07, 6.45) is 2.37. The lowest BCUT2D eigenvalue weighted by Crippen LogP contribution is -2.04. The van der Waals surface area contributed by atoms with E-state index in [1.54, 1.807) is 13.3 Å². The molecule has 2 rings (SSSR count). The molecule has 0 radical (unpaired) electrons. The number of aromatic nitrogens is 2. The Balaban J connectivity index is 2.47. The van der Waals surface area contributed by atoms with E-state index in [-0.39, 0.29) is 5.97 Å². The van der Waals surface area contributed by atoms with Gasteiger partial charge in [-0.3, -0.25) is 5.10 Å². The Morgan fingerprint density at radius 2 is 2.24 bits per heavy atom. The maximum Gasteiger partial charge on any atom is 0.338 e. The molecule has 1 aromatic heterocycles. The van der Waals surface area contributed by atoms with E-state index in [0.717, 1.165) is 22.9 Å². The van der Waals surface area contributed by atoms with Crippen molar-refractivity contribution in [3.8, 4) is 0 Å². The molecule has 1 N–H and O–H groups in total. The minimum Gasteiger partial charge on any atom is -0.465 e. The van der Waals surface area contributed by atoms with Gasteiger partial charge in [0.15, 0.2) is 0 Å². The molecule has 0 aliphatic heterocycles. The van der Waals surface area contributed by atoms with Gasteiger partial charge in [0.1, 0.15) is 0 Å². The first-order chi connectivity index (χ1) is 8.26. The molecular formula is C12H14N2O3. The SMILES string of the molecule is COCCc1cc(C(=O)OC)c2cn[nH]c2c1. The molecule has 2 aromatic rings. The lowest BCUT2D eigenvalue weighted by atomic mass is 10.0. The Morgan fingerprint density at radius 3 is 2.94 bits per heavy atom. The van der Waals surface area contributed by atoms with Crippen molar-refractivity contribution < 1.29 is 14.3 Å². The first-order valence-electron chi connectivity index (χ1n) is 5.29. The molecule has 90 valence electrons. The van der Waals surface area contributed by atoms with Crippen molar-refractivity contribution >= 4 is 16.9 Å². The van der Waals surface area contributed by atoms with E-state index in [2.05, 4.69) is 10.2 Å². The molecule has 0 fully saturated rings. The third-order valence-electron chi connectivity index (χ3n) is 2.62. The van der Waals surface area contributed by atoms with Crippen LogP contribution in [-0.2, 0) is 15.9 Å². The highest BCUT2D eigenvalue weighted by Gasteiger charge is 2.13. The Morgan fingerprint density at radius 1 is 1.41 bits per heavy atom. The second-order valence-corrected chi connectivity index (χ2v) is 3.71. The van der Waals surface area contributed by atoms with Crippen LogP contribution in [0.2, 0.25) is 0 Å². The van der Waals surface area contributed by atoms with Gasteiger partial charge >= 0.3 is 5.97 Å². The molecule has 0 unspecified atom stereocenters. The second-order valence-electron chi connectivity index (χ2n) is 3.71. The van der Waals surface area contributed by atoms with Crippen molar-refractivity contribution in [1.82, 2.24) is 10.2 Å². The maximum atomic E-state index is 11.7. The number of rotatable bonds is 4. The molecular weight excluding hydrogens is 220 g/mol. The number of benzene rings is 1. The summed E-state index contributed by atoms with van der Waals surface area (Å²) in [6, 6.07) is 3.79. The summed E-state index contributed by atoms with van der Waals surface area (Å²) >= 11 is 0. The van der Waals surface area contributed by atoms with Crippen molar-refractivity contribution in [2.75, 3.05) is 20.8 Å². The number of aromatic amines is 1. The summed E-state index contributed by atoms with van der Waals surface area (Å²) in [4.78, 5) is 11.7. The molecule has 0 saturated heterocycles. The highest BCUT2D eigenvalue weighted by atomic mass is 16.5. The average Bonchev–Trinajstić information content (AvgIpc) is 2.82. The number of fused-ring (bicyclic) bond motifs is 1. The Hall–Kier alpha value is -1.88. The summed E-state index contributed by atoms with van der Waals surface area (Å²) < 4.78 is 9.79. The van der Waals surface area contributed by atoms with E-state index in [9.17, 15) is 4.79 Å². The first kappa shape index (κ1) is 11.6. The number of esters is 1. The topological polar surface area (TPSA) is 64.2 Å². The number of carbonyl (C=O) groups excluding carboxylic acids is 1. The summed E-state index contributed by atoms with van der Waals surface area (Å²) in [5, 5.41) is 7.57. The Kier molecular flexibility index (Phi) is 3.39. The van der Waals surface area contributed by atoms with Gasteiger partial charge in [0.2, 0.25) is 0 Å². The number of ether oxygens (including phenoxy) is 2. The number of nitrogens with zero attached hydrogens (tertiary/aromatic N) is 1. The quantitative estimate of drug-likeness (QED) is 0.815. The van der Waals surface area contributed by atoms with Gasteiger partial charge in [0.05, 0.1) is 31.0 Å². The van der Waals surface area contributed by atoms with Gasteiger partial charge in [-0.15, -0.1) is 0 Å². The van der Waals surface area contributed by atoms with Crippen molar-refractivity contribution in [3.05, 3.63) is 29.5 Å². The normalized spacial score (nSPS) is 10.7. The van der Waals surface area contributed by atoms with Crippen molar-refractivity contribution in [2.24, 2.45) is 0 Å². The average molecular weight is 234 g/mol. The molecule has 1 aromatic carbocycles. The Labute approximate surface area is 98.7 Å². The van der Waals surface area contributed by atoms with Crippen LogP contribution < -0.4 is 0 Å². The van der Waals surface area contributed by atoms with Crippen LogP contribution in [0, 0.1) is 0 Å². The third-order valence-corrected chi connectivity index (χ3v) is 2.62. The van der Waals surface area contributed by atoms with Crippen LogP contribution in [0.4, 0.5) is 0 Å². The van der Waals surface area contributed by atoms with Crippen LogP contribution >= 0.6 is 0 Å². The van der Waals surface area contributed by atoms with E-state index in [4.69, 9.17) is 9.47 Å². The lowest BCUT2D eigenvalue weighted by molar-refractivity contribution is 0.0603. The molecule has 0 aliphatic rings. The van der Waals surface area contributed by atoms with Crippen LogP contribution in [0.25, 0.3) is 10.9 Å². The summed E-state index contributed by atoms with van der Waals surface area (Å²) in [7, 11) is 3.02. The van der Waals surface area contributed by atoms with Crippen molar-refractivity contribution in [2.45, 2.75) is 6.42 Å². The van der Waals surface area contributed by atoms with Crippen molar-refractivity contribution in [3.63, 3.8) is 0 Å². The third kappa shape index (κ3) is 2.29. The molecule has 5 nitrogen and oxygen atoms in total. The highest BCUT2D eigenvalue weighted by Crippen LogP contribution is 2.20. The fraction of sp³-hybridized carbons (Fsp3) is 0.333. The van der Waals surface area contributed by atoms with E-state index in [1.807, 2.05) is 12.1 Å². The maximum absolute atomic E-state index is 11.7. The van der Waals surface area contributed by atoms with Gasteiger partial charge < -0.3 is 9.47 Å². The van der Waals surface area contributed by atoms with Crippen LogP contribution in [0.3, 0.4) is 0 Å². The molecule has 1 heterocycles. The highest BCUT2D eigenvalue weighted by molar-refractivity contribution is 6.03. The molecule has 0 amide bonds. The summed E-state index contributed by atoms with van der Waals surface area (Å²) in [5.41, 5.74) is 2.38. The van der Waals surface area contributed by atoms with Crippen LogP contribution in [0.15, 0.2) is 18.3 Å². The number of nitrogens with one attached hydrogen (secondary N) is 1. The van der Waals surface area contributed by atoms with Crippen LogP contribution in [0.1, 0.15) is 15.9 Å². The molecule has 0 atom stereocenters. The number of carbonyl (C=O) groups is 1. The zero-order valence-corrected chi connectivity index (χ0v) is 9.82. The predicted molar refractivity (Wildman–Crippen MR) is 63.0 cm³/mol. The van der Waals surface area contributed by atoms with E-state index in [0.29, 0.717) is 12.2 Å². The minimum atomic E-state index is -0.351. The van der Waals surface area contributed by atoms with Gasteiger partial charge in [0, 0.05) is 12.5 Å². The van der Waals surface area contributed by atoms with E-state index in [1.165, 1.54) is 7.11 Å². The second kappa shape index (κ2) is 4.97. The standard InChI is InChI=1S/C12H14N2O3/c1-16-4-3-8-5-9(12(15)17-2)10-7-13-14-11(10)6-8/h5-7H,3-4H2,1-2H3,(H,13,14). The smallest absolute Gasteiger partial charge is 0.338 e. The van der Waals surface area contributed by atoms with Gasteiger partial charge in [0.25, 0.3) is 0 Å². The Bertz CT molecular complexity index is 534. The minimum absolute atomic E-state index is 0.351. The van der Waals surface area contributed by atoms with E-state index >= 15 is 0 Å². The number of methoxy groups -OCH3 is 2. The number of H-pyrrole nitrogens is 1. The zero-order chi connectivity index (χ0) is 12.3. The molecule has 0 aliphatic carbocycles. The molecule has 0 bridgehead atoms. The lowest BCUT2D eigenvalue weighted by Gasteiger charge is -2.05. The van der Waals surface area contributed by atoms with Crippen LogP contribution in [-0.4, -0.2) is 37.0 Å². The van der Waals surface area contributed by atoms with Gasteiger partial charge in [-0.2, -0.15) is 5.10 Å². The fourth-order valence-corrected chi connectivity index (χ4v) is 1.75. The van der Waals surface area contributed by atoms with Gasteiger partial charge in [-0.05, 0) is 24.1 Å². The molecule has 17 heavy (non-hydrogen) atoms. The largest absolute Gasteiger partial charge is 0.465 e. The van der Waals surface area contributed by atoms with E-state index < -0.39 is 0 Å². The number of hydrogen-bond acceptors (Lipinski definition) is 4. The monoisotopic (exact) mass is 234 g/mol. The predicted octanol–water partition coefficient (Wildman–Crippen LogP) is 1.54. The van der Waals surface area contributed by atoms with Crippen LogP contribution in [0.5, 0.6) is 0 Å². The number of hydrogen-bond donors (Lipinski definition) is 1. The molecule has 0 saturated carbocycles. The summed E-state index contributed by atoms with van der Waals surface area (Å²) in [5.74, 6) is -0.351. The van der Waals surface area contributed by atoms with Gasteiger partial charge in [-0.1, -0.05) is 0 Å². The van der Waals surface area contributed by atoms with Crippen molar-refractivity contribution in [1.29, 1.82) is 0 Å². The van der Waals surface area contributed by atoms with Gasteiger partial charge in [-0.25, -0.2) is 4.79 Å². The fourth-order valence-electron chi connectivity index (χ4n) is 1.75. The molecule has 5 heteroatoms. The zero-order valence-electron chi connectivity index (χ0n) is 9.82. The summed E-state index contributed by atoms with van der Waals surface area (Å²) in [6.45, 7) is 0.611.